The first-order valence-corrected chi connectivity index (χ1v) is 9.75. The average molecular weight is 491 g/mol. The number of hydrogen-bond acceptors (Lipinski definition) is 4. The third-order valence-corrected chi connectivity index (χ3v) is 4.48. The number of ether oxygens (including phenoxy) is 1. The fourth-order valence-electron chi connectivity index (χ4n) is 3.21. The first-order valence-electron chi connectivity index (χ1n) is 9.75. The second-order valence-corrected chi connectivity index (χ2v) is 7.07. The molecule has 0 atom stereocenters. The predicted molar refractivity (Wildman–Crippen MR) is 118 cm³/mol. The fraction of sp³-hybridized carbons (Fsp3) is 0.737. The molecule has 0 amide bonds. The molecule has 0 radical (unpaired) electrons. The van der Waals surface area contributed by atoms with Gasteiger partial charge in [-0.25, -0.2) is 9.98 Å². The smallest absolute Gasteiger partial charge is 0.309 e. The molecular formula is C19H34IN5O2. The van der Waals surface area contributed by atoms with Crippen molar-refractivity contribution < 1.29 is 9.53 Å². The molecule has 8 heteroatoms. The quantitative estimate of drug-likeness (QED) is 0.275. The third-order valence-electron chi connectivity index (χ3n) is 4.48. The van der Waals surface area contributed by atoms with Crippen LogP contribution >= 0.6 is 24.0 Å². The molecule has 154 valence electrons. The van der Waals surface area contributed by atoms with Gasteiger partial charge in [0.2, 0.25) is 0 Å². The van der Waals surface area contributed by atoms with Crippen LogP contribution in [0, 0.1) is 11.8 Å². The van der Waals surface area contributed by atoms with Crippen LogP contribution in [0.15, 0.2) is 17.4 Å². The Morgan fingerprint density at radius 2 is 2.07 bits per heavy atom. The summed E-state index contributed by atoms with van der Waals surface area (Å²) in [6.45, 7) is 12.7. The van der Waals surface area contributed by atoms with Crippen LogP contribution in [-0.4, -0.2) is 52.6 Å². The van der Waals surface area contributed by atoms with Gasteiger partial charge in [0.25, 0.3) is 0 Å². The highest BCUT2D eigenvalue weighted by molar-refractivity contribution is 14.0. The highest BCUT2D eigenvalue weighted by atomic mass is 127. The molecular weight excluding hydrogens is 457 g/mol. The minimum atomic E-state index is -0.0650. The number of esters is 1. The van der Waals surface area contributed by atoms with E-state index in [0.717, 1.165) is 50.8 Å². The maximum absolute atomic E-state index is 11.9. The van der Waals surface area contributed by atoms with Crippen molar-refractivity contribution in [2.24, 2.45) is 16.8 Å². The summed E-state index contributed by atoms with van der Waals surface area (Å²) >= 11 is 0. The van der Waals surface area contributed by atoms with Crippen molar-refractivity contribution in [1.29, 1.82) is 0 Å². The molecule has 2 rings (SSSR count). The maximum atomic E-state index is 11.9. The van der Waals surface area contributed by atoms with Crippen molar-refractivity contribution in [3.63, 3.8) is 0 Å². The standard InChI is InChI=1S/C19H33N5O2.HI/c1-5-20-19(22-13-17-21-9-12-24(17)14-15(3)4)23-10-7-16(8-11-23)18(25)26-6-2;/h9,12,15-16H,5-8,10-11,13-14H2,1-4H3,(H,20,22);1H. The number of hydrogen-bond donors (Lipinski definition) is 1. The van der Waals surface area contributed by atoms with E-state index in [2.05, 4.69) is 40.5 Å². The Kier molecular flexibility index (Phi) is 10.7. The number of nitrogens with zero attached hydrogens (tertiary/aromatic N) is 4. The first kappa shape index (κ1) is 23.7. The molecule has 0 spiro atoms. The van der Waals surface area contributed by atoms with E-state index in [1.54, 1.807) is 0 Å². The Morgan fingerprint density at radius 3 is 2.67 bits per heavy atom. The lowest BCUT2D eigenvalue weighted by atomic mass is 9.97. The van der Waals surface area contributed by atoms with Crippen LogP contribution in [0.4, 0.5) is 0 Å². The molecule has 27 heavy (non-hydrogen) atoms. The van der Waals surface area contributed by atoms with Crippen molar-refractivity contribution in [1.82, 2.24) is 19.8 Å². The molecule has 0 aliphatic carbocycles. The summed E-state index contributed by atoms with van der Waals surface area (Å²) in [4.78, 5) is 23.4. The van der Waals surface area contributed by atoms with Crippen molar-refractivity contribution in [2.45, 2.75) is 53.6 Å². The summed E-state index contributed by atoms with van der Waals surface area (Å²) in [5.41, 5.74) is 0. The Balaban J connectivity index is 0.00000364. The van der Waals surface area contributed by atoms with E-state index in [0.29, 0.717) is 19.1 Å². The van der Waals surface area contributed by atoms with Crippen LogP contribution in [0.1, 0.15) is 46.4 Å². The number of imidazole rings is 1. The Hall–Kier alpha value is -1.32. The minimum Gasteiger partial charge on any atom is -0.466 e. The lowest BCUT2D eigenvalue weighted by Gasteiger charge is -2.33. The summed E-state index contributed by atoms with van der Waals surface area (Å²) in [6, 6.07) is 0. The molecule has 0 aromatic carbocycles. The van der Waals surface area contributed by atoms with Gasteiger partial charge in [-0.1, -0.05) is 13.8 Å². The van der Waals surface area contributed by atoms with Crippen LogP contribution < -0.4 is 5.32 Å². The largest absolute Gasteiger partial charge is 0.466 e. The average Bonchev–Trinajstić information content (AvgIpc) is 3.05. The maximum Gasteiger partial charge on any atom is 0.309 e. The molecule has 1 fully saturated rings. The van der Waals surface area contributed by atoms with Gasteiger partial charge in [-0.15, -0.1) is 24.0 Å². The molecule has 7 nitrogen and oxygen atoms in total. The molecule has 1 aromatic rings. The second-order valence-electron chi connectivity index (χ2n) is 7.07. The van der Waals surface area contributed by atoms with Crippen molar-refractivity contribution in [3.8, 4) is 0 Å². The molecule has 1 aliphatic rings. The van der Waals surface area contributed by atoms with E-state index >= 15 is 0 Å². The number of piperidine rings is 1. The fourth-order valence-corrected chi connectivity index (χ4v) is 3.21. The van der Waals surface area contributed by atoms with Gasteiger partial charge >= 0.3 is 5.97 Å². The van der Waals surface area contributed by atoms with Crippen molar-refractivity contribution in [3.05, 3.63) is 18.2 Å². The highest BCUT2D eigenvalue weighted by Gasteiger charge is 2.27. The molecule has 0 bridgehead atoms. The summed E-state index contributed by atoms with van der Waals surface area (Å²) in [6.07, 6.45) is 5.48. The van der Waals surface area contributed by atoms with E-state index in [9.17, 15) is 4.79 Å². The van der Waals surface area contributed by atoms with E-state index in [1.165, 1.54) is 0 Å². The zero-order chi connectivity index (χ0) is 18.9. The Morgan fingerprint density at radius 1 is 1.37 bits per heavy atom. The Labute approximate surface area is 180 Å². The van der Waals surface area contributed by atoms with Crippen molar-refractivity contribution in [2.75, 3.05) is 26.2 Å². The number of likely N-dealkylation sites (tertiary alicyclic amines) is 1. The van der Waals surface area contributed by atoms with Crippen molar-refractivity contribution >= 4 is 35.9 Å². The zero-order valence-electron chi connectivity index (χ0n) is 17.0. The minimum absolute atomic E-state index is 0. The number of carbonyl (C=O) groups excluding carboxylic acids is 1. The topological polar surface area (TPSA) is 71.8 Å². The molecule has 1 aliphatic heterocycles. The van der Waals surface area contributed by atoms with Crippen LogP contribution in [0.2, 0.25) is 0 Å². The summed E-state index contributed by atoms with van der Waals surface area (Å²) in [5, 5.41) is 3.37. The number of rotatable bonds is 7. The van der Waals surface area contributed by atoms with Gasteiger partial charge in [0.05, 0.1) is 12.5 Å². The van der Waals surface area contributed by atoms with Gasteiger partial charge in [0.15, 0.2) is 5.96 Å². The van der Waals surface area contributed by atoms with Gasteiger partial charge < -0.3 is 19.5 Å². The summed E-state index contributed by atoms with van der Waals surface area (Å²) in [5.74, 6) is 2.40. The number of nitrogens with one attached hydrogen (secondary N) is 1. The molecule has 0 unspecified atom stereocenters. The number of carbonyl (C=O) groups is 1. The molecule has 1 saturated heterocycles. The van der Waals surface area contributed by atoms with E-state index in [-0.39, 0.29) is 35.9 Å². The van der Waals surface area contributed by atoms with E-state index in [1.807, 2.05) is 19.3 Å². The van der Waals surface area contributed by atoms with Gasteiger partial charge in [-0.05, 0) is 32.6 Å². The van der Waals surface area contributed by atoms with Gasteiger partial charge in [0.1, 0.15) is 12.4 Å². The SMILES string of the molecule is CCNC(=NCc1nccn1CC(C)C)N1CCC(C(=O)OCC)CC1.I. The van der Waals surface area contributed by atoms with Crippen LogP contribution in [0.25, 0.3) is 0 Å². The van der Waals surface area contributed by atoms with Crippen LogP contribution in [0.3, 0.4) is 0 Å². The molecule has 2 heterocycles. The lowest BCUT2D eigenvalue weighted by molar-refractivity contribution is -0.149. The molecule has 1 N–H and O–H groups in total. The lowest BCUT2D eigenvalue weighted by Crippen LogP contribution is -2.46. The number of guanidine groups is 1. The monoisotopic (exact) mass is 491 g/mol. The summed E-state index contributed by atoms with van der Waals surface area (Å²) in [7, 11) is 0. The summed E-state index contributed by atoms with van der Waals surface area (Å²) < 4.78 is 7.32. The van der Waals surface area contributed by atoms with Crippen LogP contribution in [0.5, 0.6) is 0 Å². The second kappa shape index (κ2) is 12.2. The first-order chi connectivity index (χ1) is 12.5. The molecule has 0 saturated carbocycles. The third kappa shape index (κ3) is 7.31. The van der Waals surface area contributed by atoms with Gasteiger partial charge in [-0.2, -0.15) is 0 Å². The highest BCUT2D eigenvalue weighted by Crippen LogP contribution is 2.19. The van der Waals surface area contributed by atoms with E-state index < -0.39 is 0 Å². The van der Waals surface area contributed by atoms with Gasteiger partial charge in [-0.3, -0.25) is 4.79 Å². The Bertz CT molecular complexity index is 595. The number of aromatic nitrogens is 2. The van der Waals surface area contributed by atoms with E-state index in [4.69, 9.17) is 9.73 Å². The molecule has 1 aromatic heterocycles. The number of halogens is 1. The van der Waals surface area contributed by atoms with Gasteiger partial charge in [0, 0.05) is 38.6 Å². The predicted octanol–water partition coefficient (Wildman–Crippen LogP) is 2.90. The normalized spacial score (nSPS) is 15.6. The number of aliphatic imine (C=N–C) groups is 1. The van der Waals surface area contributed by atoms with Crippen LogP contribution in [-0.2, 0) is 22.6 Å². The zero-order valence-corrected chi connectivity index (χ0v) is 19.3.